The molecule has 1 saturated heterocycles. The van der Waals surface area contributed by atoms with Gasteiger partial charge < -0.3 is 19.3 Å². The third kappa shape index (κ3) is 5.40. The van der Waals surface area contributed by atoms with E-state index in [0.29, 0.717) is 18.7 Å². The number of carbonyl (C=O) groups excluding carboxylic acids is 2. The number of hydrogen-bond acceptors (Lipinski definition) is 5. The molecule has 1 aromatic rings. The van der Waals surface area contributed by atoms with Crippen LogP contribution >= 0.6 is 15.9 Å². The first-order valence-electron chi connectivity index (χ1n) is 9.70. The Bertz CT molecular complexity index is 722. The van der Waals surface area contributed by atoms with Crippen LogP contribution in [0.2, 0.25) is 0 Å². The second-order valence-electron chi connectivity index (χ2n) is 8.10. The minimum atomic E-state index is -0.493. The molecule has 7 heteroatoms. The van der Waals surface area contributed by atoms with E-state index in [2.05, 4.69) is 27.8 Å². The first-order chi connectivity index (χ1) is 13.1. The first kappa shape index (κ1) is 22.5. The van der Waals surface area contributed by atoms with Crippen molar-refractivity contribution in [3.8, 4) is 0 Å². The fraction of sp³-hybridized carbons (Fsp3) is 0.619. The maximum atomic E-state index is 12.4. The van der Waals surface area contributed by atoms with Gasteiger partial charge in [-0.15, -0.1) is 0 Å². The van der Waals surface area contributed by atoms with Gasteiger partial charge in [-0.05, 0) is 65.2 Å². The van der Waals surface area contributed by atoms with E-state index in [1.165, 1.54) is 7.11 Å². The number of rotatable bonds is 4. The highest BCUT2D eigenvalue weighted by Crippen LogP contribution is 2.33. The molecule has 6 nitrogen and oxygen atoms in total. The van der Waals surface area contributed by atoms with Gasteiger partial charge in [0.2, 0.25) is 0 Å². The van der Waals surface area contributed by atoms with Crippen molar-refractivity contribution in [3.05, 3.63) is 27.7 Å². The van der Waals surface area contributed by atoms with Crippen molar-refractivity contribution in [2.24, 2.45) is 0 Å². The molecule has 0 radical (unpaired) electrons. The maximum Gasteiger partial charge on any atom is 0.410 e. The van der Waals surface area contributed by atoms with Crippen LogP contribution in [0.5, 0.6) is 0 Å². The topological polar surface area (TPSA) is 59.1 Å². The van der Waals surface area contributed by atoms with Crippen molar-refractivity contribution in [3.63, 3.8) is 0 Å². The lowest BCUT2D eigenvalue weighted by Crippen LogP contribution is -2.48. The molecule has 156 valence electrons. The number of benzene rings is 1. The second-order valence-corrected chi connectivity index (χ2v) is 9.01. The average Bonchev–Trinajstić information content (AvgIpc) is 2.62. The van der Waals surface area contributed by atoms with E-state index in [0.717, 1.165) is 35.1 Å². The van der Waals surface area contributed by atoms with Crippen LogP contribution in [0.3, 0.4) is 0 Å². The number of carbonyl (C=O) groups is 2. The number of likely N-dealkylation sites (tertiary alicyclic amines) is 1. The van der Waals surface area contributed by atoms with Crippen molar-refractivity contribution in [2.75, 3.05) is 31.6 Å². The molecular formula is C21H31BrN2O4. The maximum absolute atomic E-state index is 12.4. The van der Waals surface area contributed by atoms with E-state index < -0.39 is 5.60 Å². The van der Waals surface area contributed by atoms with Gasteiger partial charge in [-0.25, -0.2) is 9.59 Å². The minimum absolute atomic E-state index is 0.243. The van der Waals surface area contributed by atoms with Crippen LogP contribution in [0.25, 0.3) is 0 Å². The number of aryl methyl sites for hydroxylation is 1. The lowest BCUT2D eigenvalue weighted by Gasteiger charge is -2.40. The predicted octanol–water partition coefficient (Wildman–Crippen LogP) is 4.77. The van der Waals surface area contributed by atoms with Gasteiger partial charge in [0.15, 0.2) is 0 Å². The second kappa shape index (κ2) is 9.16. The van der Waals surface area contributed by atoms with E-state index in [4.69, 9.17) is 9.47 Å². The van der Waals surface area contributed by atoms with Gasteiger partial charge in [0.25, 0.3) is 0 Å². The Morgan fingerprint density at radius 3 is 2.36 bits per heavy atom. The summed E-state index contributed by atoms with van der Waals surface area (Å²) in [5.74, 6) is -0.343. The summed E-state index contributed by atoms with van der Waals surface area (Å²) in [5.41, 5.74) is 2.00. The number of ether oxygens (including phenoxy) is 2. The SMILES string of the molecule is CCN(c1c(C)cc(Br)cc1C(=O)OC)C1CCN(C(=O)OC(C)(C)C)CC1. The molecule has 28 heavy (non-hydrogen) atoms. The molecule has 1 amide bonds. The van der Waals surface area contributed by atoms with Gasteiger partial charge in [0.1, 0.15) is 5.60 Å². The zero-order valence-corrected chi connectivity index (χ0v) is 19.3. The minimum Gasteiger partial charge on any atom is -0.465 e. The van der Waals surface area contributed by atoms with Crippen LogP contribution < -0.4 is 4.90 Å². The fourth-order valence-corrected chi connectivity index (χ4v) is 4.24. The zero-order chi connectivity index (χ0) is 21.1. The van der Waals surface area contributed by atoms with E-state index in [1.807, 2.05) is 39.8 Å². The lowest BCUT2D eigenvalue weighted by molar-refractivity contribution is 0.0205. The van der Waals surface area contributed by atoms with Crippen molar-refractivity contribution in [1.82, 2.24) is 4.90 Å². The number of piperidine rings is 1. The highest BCUT2D eigenvalue weighted by molar-refractivity contribution is 9.10. The van der Waals surface area contributed by atoms with Crippen molar-refractivity contribution in [2.45, 2.75) is 59.1 Å². The summed E-state index contributed by atoms with van der Waals surface area (Å²) in [5, 5.41) is 0. The number of hydrogen-bond donors (Lipinski definition) is 0. The molecule has 1 aliphatic rings. The standard InChI is InChI=1S/C21H31BrN2O4/c1-7-24(18-14(2)12-15(22)13-17(18)19(25)27-6)16-8-10-23(11-9-16)20(26)28-21(3,4)5/h12-13,16H,7-11H2,1-6H3. The van der Waals surface area contributed by atoms with Crippen LogP contribution in [0.15, 0.2) is 16.6 Å². The summed E-state index contributed by atoms with van der Waals surface area (Å²) in [4.78, 5) is 28.7. The molecule has 0 aromatic heterocycles. The Hall–Kier alpha value is -1.76. The molecule has 2 rings (SSSR count). The first-order valence-corrected chi connectivity index (χ1v) is 10.5. The number of amides is 1. The summed E-state index contributed by atoms with van der Waals surface area (Å²) in [6.07, 6.45) is 1.39. The summed E-state index contributed by atoms with van der Waals surface area (Å²) in [6.45, 7) is 11.8. The highest BCUT2D eigenvalue weighted by Gasteiger charge is 2.31. The molecule has 1 fully saturated rings. The van der Waals surface area contributed by atoms with E-state index in [1.54, 1.807) is 4.90 Å². The molecule has 0 aliphatic carbocycles. The Balaban J connectivity index is 2.20. The number of halogens is 1. The molecule has 0 atom stereocenters. The normalized spacial score (nSPS) is 15.3. The third-order valence-corrected chi connectivity index (χ3v) is 5.31. The molecule has 0 N–H and O–H groups in total. The third-order valence-electron chi connectivity index (χ3n) is 4.86. The molecule has 0 saturated carbocycles. The van der Waals surface area contributed by atoms with Gasteiger partial charge in [0.05, 0.1) is 18.4 Å². The van der Waals surface area contributed by atoms with Gasteiger partial charge >= 0.3 is 12.1 Å². The highest BCUT2D eigenvalue weighted by atomic mass is 79.9. The number of anilines is 1. The quantitative estimate of drug-likeness (QED) is 0.613. The smallest absolute Gasteiger partial charge is 0.410 e. The van der Waals surface area contributed by atoms with Crippen LogP contribution in [-0.2, 0) is 9.47 Å². The number of nitrogens with zero attached hydrogens (tertiary/aromatic N) is 2. The Labute approximate surface area is 176 Å². The Morgan fingerprint density at radius 1 is 1.25 bits per heavy atom. The molecular weight excluding hydrogens is 424 g/mol. The number of methoxy groups -OCH3 is 1. The van der Waals surface area contributed by atoms with Crippen molar-refractivity contribution in [1.29, 1.82) is 0 Å². The van der Waals surface area contributed by atoms with Gasteiger partial charge in [-0.3, -0.25) is 0 Å². The Kier molecular flexibility index (Phi) is 7.37. The van der Waals surface area contributed by atoms with Crippen LogP contribution in [0.1, 0.15) is 56.5 Å². The zero-order valence-electron chi connectivity index (χ0n) is 17.7. The van der Waals surface area contributed by atoms with E-state index in [9.17, 15) is 9.59 Å². The van der Waals surface area contributed by atoms with Gasteiger partial charge in [0, 0.05) is 30.1 Å². The van der Waals surface area contributed by atoms with E-state index >= 15 is 0 Å². The van der Waals surface area contributed by atoms with Crippen LogP contribution in [-0.4, -0.2) is 55.3 Å². The molecule has 1 aromatic carbocycles. The van der Waals surface area contributed by atoms with Gasteiger partial charge in [-0.2, -0.15) is 0 Å². The largest absolute Gasteiger partial charge is 0.465 e. The van der Waals surface area contributed by atoms with Crippen LogP contribution in [0.4, 0.5) is 10.5 Å². The lowest BCUT2D eigenvalue weighted by atomic mass is 9.99. The summed E-state index contributed by atoms with van der Waals surface area (Å²) >= 11 is 3.47. The average molecular weight is 455 g/mol. The van der Waals surface area contributed by atoms with Crippen molar-refractivity contribution < 1.29 is 19.1 Å². The van der Waals surface area contributed by atoms with E-state index in [-0.39, 0.29) is 18.1 Å². The fourth-order valence-electron chi connectivity index (χ4n) is 3.67. The van der Waals surface area contributed by atoms with Gasteiger partial charge in [-0.1, -0.05) is 15.9 Å². The number of esters is 1. The molecule has 0 unspecified atom stereocenters. The summed E-state index contributed by atoms with van der Waals surface area (Å²) in [6, 6.07) is 4.07. The van der Waals surface area contributed by atoms with Crippen molar-refractivity contribution >= 4 is 33.7 Å². The molecule has 1 aliphatic heterocycles. The monoisotopic (exact) mass is 454 g/mol. The summed E-state index contributed by atoms with van der Waals surface area (Å²) < 4.78 is 11.3. The molecule has 0 spiro atoms. The predicted molar refractivity (Wildman–Crippen MR) is 114 cm³/mol. The Morgan fingerprint density at radius 2 is 1.86 bits per heavy atom. The molecule has 1 heterocycles. The molecule has 0 bridgehead atoms. The van der Waals surface area contributed by atoms with Crippen LogP contribution in [0, 0.1) is 6.92 Å². The summed E-state index contributed by atoms with van der Waals surface area (Å²) in [7, 11) is 1.40.